The van der Waals surface area contributed by atoms with E-state index in [2.05, 4.69) is 11.9 Å². The van der Waals surface area contributed by atoms with Crippen LogP contribution in [0.2, 0.25) is 0 Å². The molecule has 0 bridgehead atoms. The van der Waals surface area contributed by atoms with Crippen LogP contribution >= 0.6 is 0 Å². The van der Waals surface area contributed by atoms with Crippen LogP contribution in [0.5, 0.6) is 0 Å². The van der Waals surface area contributed by atoms with Crippen molar-refractivity contribution in [2.45, 2.75) is 27.2 Å². The number of amides is 3. The molecule has 0 saturated carbocycles. The predicted molar refractivity (Wildman–Crippen MR) is 71.6 cm³/mol. The van der Waals surface area contributed by atoms with E-state index >= 15 is 0 Å². The van der Waals surface area contributed by atoms with Crippen molar-refractivity contribution >= 4 is 17.9 Å². The zero-order valence-electron chi connectivity index (χ0n) is 11.5. The summed E-state index contributed by atoms with van der Waals surface area (Å²) >= 11 is 0. The van der Waals surface area contributed by atoms with Crippen molar-refractivity contribution in [3.63, 3.8) is 0 Å². The lowest BCUT2D eigenvalue weighted by Crippen LogP contribution is -2.43. The quantitative estimate of drug-likeness (QED) is 0.565. The molecule has 0 aromatic rings. The van der Waals surface area contributed by atoms with Gasteiger partial charge in [-0.25, -0.2) is 9.59 Å². The highest BCUT2D eigenvalue weighted by Gasteiger charge is 2.18. The SMILES string of the molecule is C=CCN(CCC)C(=O)NC(=O)/C(C)=C(/C)C(=O)O. The lowest BCUT2D eigenvalue weighted by molar-refractivity contribution is -0.133. The van der Waals surface area contributed by atoms with E-state index in [-0.39, 0.29) is 11.1 Å². The van der Waals surface area contributed by atoms with E-state index in [1.54, 1.807) is 6.08 Å². The fraction of sp³-hybridized carbons (Fsp3) is 0.462. The summed E-state index contributed by atoms with van der Waals surface area (Å²) in [7, 11) is 0. The number of carboxylic acids is 1. The van der Waals surface area contributed by atoms with Gasteiger partial charge in [0.25, 0.3) is 5.91 Å². The number of hydrogen-bond acceptors (Lipinski definition) is 3. The van der Waals surface area contributed by atoms with Crippen LogP contribution in [0.15, 0.2) is 23.8 Å². The third kappa shape index (κ3) is 5.37. The lowest BCUT2D eigenvalue weighted by atomic mass is 10.1. The zero-order valence-corrected chi connectivity index (χ0v) is 11.5. The summed E-state index contributed by atoms with van der Waals surface area (Å²) in [6, 6.07) is -0.552. The van der Waals surface area contributed by atoms with Gasteiger partial charge in [-0.1, -0.05) is 13.0 Å². The van der Waals surface area contributed by atoms with E-state index in [4.69, 9.17) is 5.11 Å². The number of hydrogen-bond donors (Lipinski definition) is 2. The van der Waals surface area contributed by atoms with Crippen LogP contribution in [-0.4, -0.2) is 41.0 Å². The first-order valence-corrected chi connectivity index (χ1v) is 5.97. The van der Waals surface area contributed by atoms with Gasteiger partial charge < -0.3 is 10.0 Å². The third-order valence-electron chi connectivity index (χ3n) is 2.57. The van der Waals surface area contributed by atoms with Crippen LogP contribution in [0.1, 0.15) is 27.2 Å². The normalized spacial score (nSPS) is 11.3. The van der Waals surface area contributed by atoms with Crippen LogP contribution in [0.25, 0.3) is 0 Å². The second-order valence-electron chi connectivity index (χ2n) is 4.05. The molecule has 0 radical (unpaired) electrons. The minimum atomic E-state index is -1.18. The van der Waals surface area contributed by atoms with Gasteiger partial charge in [0.2, 0.25) is 0 Å². The first-order valence-electron chi connectivity index (χ1n) is 5.97. The molecule has 3 amide bonds. The van der Waals surface area contributed by atoms with Crippen LogP contribution in [0.4, 0.5) is 4.79 Å². The Kier molecular flexibility index (Phi) is 7.18. The summed E-state index contributed by atoms with van der Waals surface area (Å²) in [6.07, 6.45) is 2.31. The Balaban J connectivity index is 4.80. The highest BCUT2D eigenvalue weighted by molar-refractivity contribution is 6.07. The minimum absolute atomic E-state index is 0.0101. The Labute approximate surface area is 112 Å². The molecule has 2 N–H and O–H groups in total. The van der Waals surface area contributed by atoms with Crippen LogP contribution in [-0.2, 0) is 9.59 Å². The molecule has 0 aliphatic carbocycles. The van der Waals surface area contributed by atoms with Crippen molar-refractivity contribution < 1.29 is 19.5 Å². The van der Waals surface area contributed by atoms with E-state index in [0.29, 0.717) is 13.1 Å². The first kappa shape index (κ1) is 16.9. The summed E-state index contributed by atoms with van der Waals surface area (Å²) in [4.78, 5) is 35.7. The molecule has 0 aromatic carbocycles. The highest BCUT2D eigenvalue weighted by Crippen LogP contribution is 2.04. The third-order valence-corrected chi connectivity index (χ3v) is 2.57. The molecule has 19 heavy (non-hydrogen) atoms. The molecule has 0 aromatic heterocycles. The molecule has 0 heterocycles. The van der Waals surface area contributed by atoms with Crippen molar-refractivity contribution in [2.75, 3.05) is 13.1 Å². The van der Waals surface area contributed by atoms with Gasteiger partial charge in [0.05, 0.1) is 0 Å². The predicted octanol–water partition coefficient (Wildman–Crippen LogP) is 1.54. The monoisotopic (exact) mass is 268 g/mol. The fourth-order valence-corrected chi connectivity index (χ4v) is 1.30. The highest BCUT2D eigenvalue weighted by atomic mass is 16.4. The number of nitrogens with zero attached hydrogens (tertiary/aromatic N) is 1. The van der Waals surface area contributed by atoms with E-state index in [9.17, 15) is 14.4 Å². The number of carbonyl (C=O) groups is 3. The maximum atomic E-state index is 11.8. The van der Waals surface area contributed by atoms with Crippen LogP contribution in [0.3, 0.4) is 0 Å². The molecule has 0 aliphatic rings. The molecular weight excluding hydrogens is 248 g/mol. The van der Waals surface area contributed by atoms with Gasteiger partial charge in [0, 0.05) is 24.2 Å². The lowest BCUT2D eigenvalue weighted by Gasteiger charge is -2.20. The summed E-state index contributed by atoms with van der Waals surface area (Å²) in [5.74, 6) is -1.88. The Bertz CT molecular complexity index is 413. The largest absolute Gasteiger partial charge is 0.478 e. The molecule has 106 valence electrons. The number of rotatable bonds is 6. The van der Waals surface area contributed by atoms with Gasteiger partial charge in [-0.15, -0.1) is 6.58 Å². The minimum Gasteiger partial charge on any atom is -0.478 e. The van der Waals surface area contributed by atoms with Crippen molar-refractivity contribution in [3.8, 4) is 0 Å². The maximum absolute atomic E-state index is 11.8. The standard InChI is InChI=1S/C13H20N2O4/c1-5-7-15(8-6-2)13(19)14-11(16)9(3)10(4)12(17)18/h5H,1,6-8H2,2-4H3,(H,17,18)(H,14,16,19)/b10-9-. The molecule has 0 spiro atoms. The summed E-state index contributed by atoms with van der Waals surface area (Å²) in [6.45, 7) is 8.94. The summed E-state index contributed by atoms with van der Waals surface area (Å²) < 4.78 is 0. The Morgan fingerprint density at radius 3 is 2.26 bits per heavy atom. The Morgan fingerprint density at radius 1 is 1.26 bits per heavy atom. The fourth-order valence-electron chi connectivity index (χ4n) is 1.30. The first-order chi connectivity index (χ1) is 8.84. The van der Waals surface area contributed by atoms with E-state index in [1.165, 1.54) is 18.7 Å². The maximum Gasteiger partial charge on any atom is 0.331 e. The second kappa shape index (κ2) is 8.07. The van der Waals surface area contributed by atoms with E-state index in [0.717, 1.165) is 6.42 Å². The van der Waals surface area contributed by atoms with Gasteiger partial charge in [0.15, 0.2) is 0 Å². The van der Waals surface area contributed by atoms with Crippen molar-refractivity contribution in [2.24, 2.45) is 0 Å². The second-order valence-corrected chi connectivity index (χ2v) is 4.05. The van der Waals surface area contributed by atoms with E-state index in [1.807, 2.05) is 6.92 Å². The Hall–Kier alpha value is -2.11. The molecule has 0 unspecified atom stereocenters. The molecule has 0 saturated heterocycles. The number of nitrogens with one attached hydrogen (secondary N) is 1. The molecule has 6 nitrogen and oxygen atoms in total. The van der Waals surface area contributed by atoms with Gasteiger partial charge in [-0.3, -0.25) is 10.1 Å². The number of carboxylic acid groups (broad SMARTS) is 1. The van der Waals surface area contributed by atoms with Gasteiger partial charge in [-0.05, 0) is 20.3 Å². The zero-order chi connectivity index (χ0) is 15.0. The molecule has 0 atom stereocenters. The smallest absolute Gasteiger partial charge is 0.331 e. The van der Waals surface area contributed by atoms with Gasteiger partial charge in [0.1, 0.15) is 0 Å². The average Bonchev–Trinajstić information content (AvgIpc) is 2.36. The number of aliphatic carboxylic acids is 1. The van der Waals surface area contributed by atoms with Crippen LogP contribution < -0.4 is 5.32 Å². The molecule has 0 aliphatic heterocycles. The van der Waals surface area contributed by atoms with Gasteiger partial charge in [-0.2, -0.15) is 0 Å². The van der Waals surface area contributed by atoms with E-state index < -0.39 is 17.9 Å². The number of carbonyl (C=O) groups excluding carboxylic acids is 2. The average molecular weight is 268 g/mol. The molecular formula is C13H20N2O4. The molecule has 0 rings (SSSR count). The molecule has 0 fully saturated rings. The topological polar surface area (TPSA) is 86.7 Å². The van der Waals surface area contributed by atoms with Crippen molar-refractivity contribution in [1.82, 2.24) is 10.2 Å². The molecule has 6 heteroatoms. The van der Waals surface area contributed by atoms with Crippen molar-refractivity contribution in [3.05, 3.63) is 23.8 Å². The Morgan fingerprint density at radius 2 is 1.84 bits per heavy atom. The van der Waals surface area contributed by atoms with Crippen molar-refractivity contribution in [1.29, 1.82) is 0 Å². The van der Waals surface area contributed by atoms with Gasteiger partial charge >= 0.3 is 12.0 Å². The summed E-state index contributed by atoms with van der Waals surface area (Å²) in [5.41, 5.74) is -0.0769. The van der Waals surface area contributed by atoms with Crippen LogP contribution in [0, 0.1) is 0 Å². The number of urea groups is 1. The summed E-state index contributed by atoms with van der Waals surface area (Å²) in [5, 5.41) is 10.9. The number of imide groups is 1.